The van der Waals surface area contributed by atoms with Crippen molar-refractivity contribution in [2.24, 2.45) is 0 Å². The van der Waals surface area contributed by atoms with E-state index < -0.39 is 12.0 Å². The van der Waals surface area contributed by atoms with Crippen LogP contribution >= 0.6 is 11.6 Å². The van der Waals surface area contributed by atoms with E-state index in [1.807, 2.05) is 37.3 Å². The summed E-state index contributed by atoms with van der Waals surface area (Å²) in [5.41, 5.74) is 0.319. The Balaban J connectivity index is 2.76. The van der Waals surface area contributed by atoms with E-state index in [0.717, 1.165) is 5.56 Å². The lowest BCUT2D eigenvalue weighted by Gasteiger charge is -2.29. The third-order valence-corrected chi connectivity index (χ3v) is 2.86. The van der Waals surface area contributed by atoms with Crippen LogP contribution in [-0.2, 0) is 5.54 Å². The zero-order chi connectivity index (χ0) is 11.3. The highest BCUT2D eigenvalue weighted by molar-refractivity contribution is 6.18. The van der Waals surface area contributed by atoms with Gasteiger partial charge in [0, 0.05) is 5.88 Å². The molecule has 15 heavy (non-hydrogen) atoms. The topological polar surface area (TPSA) is 12.0 Å². The van der Waals surface area contributed by atoms with Crippen molar-refractivity contribution >= 4 is 11.6 Å². The number of nitrogens with one attached hydrogen (secondary N) is 1. The van der Waals surface area contributed by atoms with E-state index in [0.29, 0.717) is 0 Å². The van der Waals surface area contributed by atoms with Crippen molar-refractivity contribution in [1.29, 1.82) is 0 Å². The van der Waals surface area contributed by atoms with Crippen LogP contribution in [0.1, 0.15) is 12.5 Å². The minimum absolute atomic E-state index is 0.254. The van der Waals surface area contributed by atoms with Crippen molar-refractivity contribution in [3.05, 3.63) is 35.9 Å². The van der Waals surface area contributed by atoms with Gasteiger partial charge in [-0.3, -0.25) is 0 Å². The van der Waals surface area contributed by atoms with E-state index in [4.69, 9.17) is 11.6 Å². The van der Waals surface area contributed by atoms with Gasteiger partial charge in [0.25, 0.3) is 6.43 Å². The van der Waals surface area contributed by atoms with Crippen LogP contribution in [-0.4, -0.2) is 18.9 Å². The van der Waals surface area contributed by atoms with Gasteiger partial charge in [-0.1, -0.05) is 30.3 Å². The van der Waals surface area contributed by atoms with Crippen molar-refractivity contribution in [1.82, 2.24) is 5.32 Å². The molecule has 4 heteroatoms. The first-order valence-corrected chi connectivity index (χ1v) is 5.26. The van der Waals surface area contributed by atoms with Crippen LogP contribution in [0.2, 0.25) is 0 Å². The van der Waals surface area contributed by atoms with Crippen LogP contribution in [0.15, 0.2) is 30.3 Å². The third-order valence-electron chi connectivity index (χ3n) is 2.32. The minimum Gasteiger partial charge on any atom is -0.301 e. The molecule has 1 rings (SSSR count). The van der Waals surface area contributed by atoms with E-state index in [-0.39, 0.29) is 12.4 Å². The Labute approximate surface area is 93.4 Å². The fourth-order valence-electron chi connectivity index (χ4n) is 1.33. The fourth-order valence-corrected chi connectivity index (χ4v) is 1.58. The molecular formula is C11H14ClF2N. The smallest absolute Gasteiger partial charge is 0.250 e. The van der Waals surface area contributed by atoms with Crippen molar-refractivity contribution in [3.8, 4) is 0 Å². The number of rotatable bonds is 5. The Morgan fingerprint density at radius 2 is 1.93 bits per heavy atom. The highest BCUT2D eigenvalue weighted by Gasteiger charge is 2.25. The molecule has 0 radical (unpaired) electrons. The summed E-state index contributed by atoms with van der Waals surface area (Å²) in [7, 11) is 0. The molecule has 0 bridgehead atoms. The van der Waals surface area contributed by atoms with Gasteiger partial charge >= 0.3 is 0 Å². The first-order valence-electron chi connectivity index (χ1n) is 4.73. The monoisotopic (exact) mass is 233 g/mol. The minimum atomic E-state index is -2.36. The summed E-state index contributed by atoms with van der Waals surface area (Å²) in [6.07, 6.45) is -2.36. The first kappa shape index (κ1) is 12.4. The van der Waals surface area contributed by atoms with Crippen LogP contribution < -0.4 is 5.32 Å². The lowest BCUT2D eigenvalue weighted by Crippen LogP contribution is -2.43. The fraction of sp³-hybridized carbons (Fsp3) is 0.455. The Morgan fingerprint density at radius 1 is 1.33 bits per heavy atom. The van der Waals surface area contributed by atoms with E-state index in [2.05, 4.69) is 5.32 Å². The van der Waals surface area contributed by atoms with Crippen molar-refractivity contribution in [2.45, 2.75) is 18.9 Å². The van der Waals surface area contributed by atoms with Crippen LogP contribution in [0, 0.1) is 0 Å². The summed E-state index contributed by atoms with van der Waals surface area (Å²) >= 11 is 5.82. The molecular weight excluding hydrogens is 220 g/mol. The maximum absolute atomic E-state index is 12.1. The molecule has 0 aliphatic rings. The van der Waals surface area contributed by atoms with Gasteiger partial charge in [0.2, 0.25) is 0 Å². The van der Waals surface area contributed by atoms with Crippen LogP contribution in [0.3, 0.4) is 0 Å². The van der Waals surface area contributed by atoms with Gasteiger partial charge in [0.05, 0.1) is 12.1 Å². The number of halogens is 3. The summed E-state index contributed by atoms with van der Waals surface area (Å²) in [4.78, 5) is 0. The summed E-state index contributed by atoms with van der Waals surface area (Å²) in [6, 6.07) is 9.36. The van der Waals surface area contributed by atoms with Gasteiger partial charge < -0.3 is 5.32 Å². The van der Waals surface area contributed by atoms with Gasteiger partial charge in [-0.05, 0) is 12.5 Å². The summed E-state index contributed by atoms with van der Waals surface area (Å²) in [6.45, 7) is 1.47. The van der Waals surface area contributed by atoms with Gasteiger partial charge in [-0.15, -0.1) is 11.6 Å². The van der Waals surface area contributed by atoms with Crippen molar-refractivity contribution in [3.63, 3.8) is 0 Å². The highest BCUT2D eigenvalue weighted by Crippen LogP contribution is 2.22. The summed E-state index contributed by atoms with van der Waals surface area (Å²) < 4.78 is 24.2. The Kier molecular flexibility index (Phi) is 4.48. The normalized spacial score (nSPS) is 15.3. The number of alkyl halides is 3. The molecule has 0 fully saturated rings. The maximum Gasteiger partial charge on any atom is 0.250 e. The molecule has 0 heterocycles. The maximum atomic E-state index is 12.1. The predicted molar refractivity (Wildman–Crippen MR) is 58.5 cm³/mol. The number of hydrogen-bond acceptors (Lipinski definition) is 1. The van der Waals surface area contributed by atoms with Crippen molar-refractivity contribution < 1.29 is 8.78 Å². The molecule has 0 amide bonds. The first-order chi connectivity index (χ1) is 7.08. The Hall–Kier alpha value is -0.670. The van der Waals surface area contributed by atoms with Gasteiger partial charge in [0.1, 0.15) is 0 Å². The third kappa shape index (κ3) is 3.43. The molecule has 0 aliphatic heterocycles. The zero-order valence-electron chi connectivity index (χ0n) is 8.51. The van der Waals surface area contributed by atoms with Gasteiger partial charge in [0.15, 0.2) is 0 Å². The molecule has 0 aliphatic carbocycles. The molecule has 1 N–H and O–H groups in total. The number of benzene rings is 1. The number of hydrogen-bond donors (Lipinski definition) is 1. The predicted octanol–water partition coefficient (Wildman–Crippen LogP) is 3.00. The van der Waals surface area contributed by atoms with Crippen LogP contribution in [0.5, 0.6) is 0 Å². The standard InChI is InChI=1S/C11H14ClF2N/c1-11(8-12,15-7-10(13)14)9-5-3-2-4-6-9/h2-6,10,15H,7-8H2,1H3. The molecule has 1 aromatic rings. The quantitative estimate of drug-likeness (QED) is 0.771. The van der Waals surface area contributed by atoms with Crippen LogP contribution in [0.25, 0.3) is 0 Å². The highest BCUT2D eigenvalue weighted by atomic mass is 35.5. The second-order valence-electron chi connectivity index (χ2n) is 3.60. The Morgan fingerprint density at radius 3 is 2.40 bits per heavy atom. The van der Waals surface area contributed by atoms with E-state index in [9.17, 15) is 8.78 Å². The van der Waals surface area contributed by atoms with Crippen molar-refractivity contribution in [2.75, 3.05) is 12.4 Å². The molecule has 0 saturated heterocycles. The molecule has 1 aromatic carbocycles. The zero-order valence-corrected chi connectivity index (χ0v) is 9.27. The molecule has 84 valence electrons. The average molecular weight is 234 g/mol. The van der Waals surface area contributed by atoms with E-state index >= 15 is 0 Å². The average Bonchev–Trinajstić information content (AvgIpc) is 2.27. The van der Waals surface area contributed by atoms with E-state index in [1.165, 1.54) is 0 Å². The molecule has 0 aromatic heterocycles. The molecule has 0 saturated carbocycles. The SMILES string of the molecule is CC(CCl)(NCC(F)F)c1ccccc1. The van der Waals surface area contributed by atoms with Gasteiger partial charge in [-0.2, -0.15) is 0 Å². The second-order valence-corrected chi connectivity index (χ2v) is 3.87. The lowest BCUT2D eigenvalue weighted by atomic mass is 9.94. The Bertz CT molecular complexity index is 292. The second kappa shape index (κ2) is 5.42. The van der Waals surface area contributed by atoms with E-state index in [1.54, 1.807) is 0 Å². The lowest BCUT2D eigenvalue weighted by molar-refractivity contribution is 0.133. The molecule has 1 nitrogen and oxygen atoms in total. The van der Waals surface area contributed by atoms with Crippen LogP contribution in [0.4, 0.5) is 8.78 Å². The largest absolute Gasteiger partial charge is 0.301 e. The molecule has 1 atom stereocenters. The summed E-state index contributed by atoms with van der Waals surface area (Å²) in [5.74, 6) is 0.254. The summed E-state index contributed by atoms with van der Waals surface area (Å²) in [5, 5.41) is 2.78. The van der Waals surface area contributed by atoms with Gasteiger partial charge in [-0.25, -0.2) is 8.78 Å². The molecule has 0 spiro atoms. The molecule has 1 unspecified atom stereocenters.